The van der Waals surface area contributed by atoms with Crippen molar-refractivity contribution in [1.29, 1.82) is 0 Å². The number of aromatic nitrogens is 3. The lowest BCUT2D eigenvalue weighted by molar-refractivity contribution is -0.117. The second kappa shape index (κ2) is 9.53. The molecule has 2 aromatic carbocycles. The highest BCUT2D eigenvalue weighted by molar-refractivity contribution is 8.00. The maximum absolute atomic E-state index is 13.0. The zero-order valence-corrected chi connectivity index (χ0v) is 18.2. The van der Waals surface area contributed by atoms with E-state index in [-0.39, 0.29) is 5.91 Å². The monoisotopic (exact) mass is 427 g/mol. The van der Waals surface area contributed by atoms with Crippen LogP contribution >= 0.6 is 11.8 Å². The van der Waals surface area contributed by atoms with Gasteiger partial charge in [-0.25, -0.2) is 4.68 Å². The van der Waals surface area contributed by atoms with Crippen molar-refractivity contribution in [3.63, 3.8) is 0 Å². The standard InChI is InChI=1S/C21H25N5O3S/c1-5-25(16-9-7-6-8-10-16)20(27)14(2)30-21-24-23-19(26(21)22)15-11-12-17(28-3)18(13-15)29-4/h6-14H,5,22H2,1-4H3/t14-/m1/s1. The summed E-state index contributed by atoms with van der Waals surface area (Å²) in [5.41, 5.74) is 1.59. The molecule has 30 heavy (non-hydrogen) atoms. The number of carbonyl (C=O) groups excluding carboxylic acids is 1. The average Bonchev–Trinajstić information content (AvgIpc) is 3.14. The second-order valence-electron chi connectivity index (χ2n) is 6.42. The van der Waals surface area contributed by atoms with Gasteiger partial charge < -0.3 is 20.2 Å². The van der Waals surface area contributed by atoms with Gasteiger partial charge in [-0.05, 0) is 44.2 Å². The Hall–Kier alpha value is -3.20. The van der Waals surface area contributed by atoms with Gasteiger partial charge in [0.05, 0.1) is 19.5 Å². The lowest BCUT2D eigenvalue weighted by Crippen LogP contribution is -2.36. The smallest absolute Gasteiger partial charge is 0.240 e. The number of nitrogen functional groups attached to an aromatic ring is 1. The Morgan fingerprint density at radius 1 is 1.13 bits per heavy atom. The molecule has 2 N–H and O–H groups in total. The van der Waals surface area contributed by atoms with Crippen molar-refractivity contribution in [1.82, 2.24) is 14.9 Å². The molecule has 0 aliphatic rings. The van der Waals surface area contributed by atoms with Crippen LogP contribution in [0.2, 0.25) is 0 Å². The summed E-state index contributed by atoms with van der Waals surface area (Å²) in [7, 11) is 3.14. The van der Waals surface area contributed by atoms with E-state index < -0.39 is 5.25 Å². The summed E-state index contributed by atoms with van der Waals surface area (Å²) in [6.45, 7) is 4.35. The first-order valence-electron chi connectivity index (χ1n) is 9.46. The maximum atomic E-state index is 13.0. The molecule has 0 bridgehead atoms. The van der Waals surface area contributed by atoms with Gasteiger partial charge in [0.1, 0.15) is 0 Å². The normalized spacial score (nSPS) is 11.7. The molecule has 1 atom stereocenters. The third kappa shape index (κ3) is 4.35. The van der Waals surface area contributed by atoms with Gasteiger partial charge in [-0.3, -0.25) is 4.79 Å². The highest BCUT2D eigenvalue weighted by Gasteiger charge is 2.24. The number of hydrogen-bond acceptors (Lipinski definition) is 7. The molecule has 0 unspecified atom stereocenters. The van der Waals surface area contributed by atoms with Crippen molar-refractivity contribution in [2.24, 2.45) is 0 Å². The zero-order chi connectivity index (χ0) is 21.7. The Labute approximate surface area is 180 Å². The van der Waals surface area contributed by atoms with Crippen LogP contribution in [0, 0.1) is 0 Å². The number of nitrogens with two attached hydrogens (primary N) is 1. The van der Waals surface area contributed by atoms with Gasteiger partial charge in [0.15, 0.2) is 17.3 Å². The fourth-order valence-electron chi connectivity index (χ4n) is 3.03. The van der Waals surface area contributed by atoms with Crippen LogP contribution in [0.15, 0.2) is 53.7 Å². The predicted molar refractivity (Wildman–Crippen MR) is 119 cm³/mol. The molecule has 3 rings (SSSR count). The number of carbonyl (C=O) groups is 1. The number of nitrogens with zero attached hydrogens (tertiary/aromatic N) is 4. The quantitative estimate of drug-likeness (QED) is 0.436. The van der Waals surface area contributed by atoms with E-state index in [0.717, 1.165) is 11.3 Å². The van der Waals surface area contributed by atoms with Gasteiger partial charge in [0, 0.05) is 17.8 Å². The first-order valence-corrected chi connectivity index (χ1v) is 10.3. The number of methoxy groups -OCH3 is 2. The number of thioether (sulfide) groups is 1. The van der Waals surface area contributed by atoms with E-state index in [1.807, 2.05) is 50.2 Å². The molecule has 1 aromatic heterocycles. The highest BCUT2D eigenvalue weighted by Crippen LogP contribution is 2.33. The van der Waals surface area contributed by atoms with Crippen LogP contribution in [-0.4, -0.2) is 46.8 Å². The van der Waals surface area contributed by atoms with E-state index in [1.54, 1.807) is 31.3 Å². The third-order valence-corrected chi connectivity index (χ3v) is 5.63. The molecule has 0 spiro atoms. The van der Waals surface area contributed by atoms with Crippen molar-refractivity contribution < 1.29 is 14.3 Å². The summed E-state index contributed by atoms with van der Waals surface area (Å²) in [6, 6.07) is 15.0. The molecule has 0 aliphatic carbocycles. The van der Waals surface area contributed by atoms with Crippen LogP contribution < -0.4 is 20.2 Å². The van der Waals surface area contributed by atoms with E-state index in [4.69, 9.17) is 15.3 Å². The summed E-state index contributed by atoms with van der Waals surface area (Å²) in [4.78, 5) is 14.7. The number of benzene rings is 2. The first kappa shape index (κ1) is 21.5. The Kier molecular flexibility index (Phi) is 6.83. The number of para-hydroxylation sites is 1. The van der Waals surface area contributed by atoms with Gasteiger partial charge in [-0.1, -0.05) is 30.0 Å². The van der Waals surface area contributed by atoms with E-state index >= 15 is 0 Å². The van der Waals surface area contributed by atoms with Gasteiger partial charge in [0.2, 0.25) is 11.1 Å². The van der Waals surface area contributed by atoms with Crippen molar-refractivity contribution >= 4 is 23.4 Å². The number of ether oxygens (including phenoxy) is 2. The minimum Gasteiger partial charge on any atom is -0.493 e. The number of hydrogen-bond donors (Lipinski definition) is 1. The molecule has 1 heterocycles. The Bertz CT molecular complexity index is 1010. The van der Waals surface area contributed by atoms with Crippen molar-refractivity contribution in [2.75, 3.05) is 31.5 Å². The molecule has 0 saturated heterocycles. The largest absolute Gasteiger partial charge is 0.493 e. The molecule has 0 fully saturated rings. The molecular formula is C21H25N5O3S. The van der Waals surface area contributed by atoms with Crippen LogP contribution in [0.3, 0.4) is 0 Å². The summed E-state index contributed by atoms with van der Waals surface area (Å²) >= 11 is 1.27. The zero-order valence-electron chi connectivity index (χ0n) is 17.4. The molecule has 8 nitrogen and oxygen atoms in total. The van der Waals surface area contributed by atoms with Gasteiger partial charge >= 0.3 is 0 Å². The van der Waals surface area contributed by atoms with Gasteiger partial charge in [-0.15, -0.1) is 10.2 Å². The average molecular weight is 428 g/mol. The number of amides is 1. The number of anilines is 1. The Morgan fingerprint density at radius 2 is 1.83 bits per heavy atom. The number of rotatable bonds is 8. The Morgan fingerprint density at radius 3 is 2.47 bits per heavy atom. The molecular weight excluding hydrogens is 402 g/mol. The van der Waals surface area contributed by atoms with Crippen LogP contribution in [0.25, 0.3) is 11.4 Å². The lowest BCUT2D eigenvalue weighted by atomic mass is 10.2. The Balaban J connectivity index is 1.80. The topological polar surface area (TPSA) is 95.5 Å². The lowest BCUT2D eigenvalue weighted by Gasteiger charge is -2.24. The second-order valence-corrected chi connectivity index (χ2v) is 7.73. The van der Waals surface area contributed by atoms with Gasteiger partial charge in [-0.2, -0.15) is 0 Å². The van der Waals surface area contributed by atoms with Gasteiger partial charge in [0.25, 0.3) is 0 Å². The molecule has 3 aromatic rings. The minimum absolute atomic E-state index is 0.0237. The fourth-order valence-corrected chi connectivity index (χ4v) is 3.86. The molecule has 0 saturated carbocycles. The molecule has 0 radical (unpaired) electrons. The van der Waals surface area contributed by atoms with Crippen LogP contribution in [0.4, 0.5) is 5.69 Å². The van der Waals surface area contributed by atoms with E-state index in [1.165, 1.54) is 16.4 Å². The third-order valence-electron chi connectivity index (χ3n) is 4.59. The minimum atomic E-state index is -0.394. The van der Waals surface area contributed by atoms with Crippen molar-refractivity contribution in [3.8, 4) is 22.9 Å². The molecule has 9 heteroatoms. The molecule has 1 amide bonds. The van der Waals surface area contributed by atoms with Crippen LogP contribution in [0.1, 0.15) is 13.8 Å². The summed E-state index contributed by atoms with van der Waals surface area (Å²) in [5.74, 6) is 7.86. The van der Waals surface area contributed by atoms with Crippen LogP contribution in [-0.2, 0) is 4.79 Å². The van der Waals surface area contributed by atoms with E-state index in [9.17, 15) is 4.79 Å². The SMILES string of the molecule is CCN(C(=O)[C@@H](C)Sc1nnc(-c2ccc(OC)c(OC)c2)n1N)c1ccccc1. The van der Waals surface area contributed by atoms with Crippen LogP contribution in [0.5, 0.6) is 11.5 Å². The highest BCUT2D eigenvalue weighted by atomic mass is 32.2. The fraction of sp³-hybridized carbons (Fsp3) is 0.286. The predicted octanol–water partition coefficient (Wildman–Crippen LogP) is 3.21. The molecule has 158 valence electrons. The maximum Gasteiger partial charge on any atom is 0.240 e. The van der Waals surface area contributed by atoms with Crippen molar-refractivity contribution in [3.05, 3.63) is 48.5 Å². The van der Waals surface area contributed by atoms with Crippen molar-refractivity contribution in [2.45, 2.75) is 24.3 Å². The summed E-state index contributed by atoms with van der Waals surface area (Å²) in [5, 5.41) is 8.43. The molecule has 0 aliphatic heterocycles. The van der Waals surface area contributed by atoms with E-state index in [0.29, 0.717) is 29.0 Å². The summed E-state index contributed by atoms with van der Waals surface area (Å²) < 4.78 is 12.0. The van der Waals surface area contributed by atoms with E-state index in [2.05, 4.69) is 10.2 Å². The first-order chi connectivity index (χ1) is 14.5. The summed E-state index contributed by atoms with van der Waals surface area (Å²) in [6.07, 6.45) is 0.